The van der Waals surface area contributed by atoms with Crippen LogP contribution in [-0.2, 0) is 9.53 Å². The molecule has 0 N–H and O–H groups in total. The van der Waals surface area contributed by atoms with Gasteiger partial charge in [0.1, 0.15) is 0 Å². The highest BCUT2D eigenvalue weighted by Gasteiger charge is 2.57. The largest absolute Gasteiger partial charge is 0.465 e. The van der Waals surface area contributed by atoms with Crippen LogP contribution in [0.15, 0.2) is 0 Å². The van der Waals surface area contributed by atoms with Gasteiger partial charge in [-0.3, -0.25) is 4.79 Å². The molecule has 0 aromatic carbocycles. The molecule has 0 bridgehead atoms. The standard InChI is InChI=1S/C29H52O2/c1-3-5-6-7-8-15-24-31-27(30)29(20-13-10-14-21-29)28(4-2)22-18-26(19-23-28)25-16-11-9-12-17-25/h25-26H,3-24H2,1-2H3. The summed E-state index contributed by atoms with van der Waals surface area (Å²) in [5, 5.41) is 0. The number of hydrogen-bond acceptors (Lipinski definition) is 2. The van der Waals surface area contributed by atoms with E-state index in [4.69, 9.17) is 4.74 Å². The molecular weight excluding hydrogens is 380 g/mol. The Morgan fingerprint density at radius 3 is 1.94 bits per heavy atom. The van der Waals surface area contributed by atoms with Crippen molar-refractivity contribution in [2.45, 2.75) is 149 Å². The first-order valence-electron chi connectivity index (χ1n) is 14.3. The van der Waals surface area contributed by atoms with Gasteiger partial charge in [-0.05, 0) is 68.6 Å². The van der Waals surface area contributed by atoms with Crippen LogP contribution in [0.25, 0.3) is 0 Å². The third kappa shape index (κ3) is 6.08. The predicted molar refractivity (Wildman–Crippen MR) is 131 cm³/mol. The molecule has 2 nitrogen and oxygen atoms in total. The first kappa shape index (κ1) is 25.1. The highest BCUT2D eigenvalue weighted by molar-refractivity contribution is 5.78. The topological polar surface area (TPSA) is 26.3 Å². The van der Waals surface area contributed by atoms with Gasteiger partial charge in [0, 0.05) is 0 Å². The molecule has 180 valence electrons. The molecular formula is C29H52O2. The van der Waals surface area contributed by atoms with Gasteiger partial charge in [0.2, 0.25) is 0 Å². The number of rotatable bonds is 11. The van der Waals surface area contributed by atoms with Crippen molar-refractivity contribution < 1.29 is 9.53 Å². The number of hydrogen-bond donors (Lipinski definition) is 0. The zero-order valence-corrected chi connectivity index (χ0v) is 21.0. The number of ether oxygens (including phenoxy) is 1. The zero-order chi connectivity index (χ0) is 22.0. The molecule has 3 saturated carbocycles. The lowest BCUT2D eigenvalue weighted by Gasteiger charge is -2.54. The Bertz CT molecular complexity index is 505. The fourth-order valence-corrected chi connectivity index (χ4v) is 7.73. The van der Waals surface area contributed by atoms with E-state index in [1.807, 2.05) is 0 Å². The molecule has 2 heteroatoms. The van der Waals surface area contributed by atoms with Crippen molar-refractivity contribution in [1.29, 1.82) is 0 Å². The number of carbonyl (C=O) groups excluding carboxylic acids is 1. The van der Waals surface area contributed by atoms with E-state index in [9.17, 15) is 4.79 Å². The zero-order valence-electron chi connectivity index (χ0n) is 21.0. The van der Waals surface area contributed by atoms with Gasteiger partial charge in [-0.1, -0.05) is 97.3 Å². The van der Waals surface area contributed by atoms with Crippen molar-refractivity contribution in [2.75, 3.05) is 6.61 Å². The molecule has 3 rings (SSSR count). The van der Waals surface area contributed by atoms with Gasteiger partial charge in [0.25, 0.3) is 0 Å². The van der Waals surface area contributed by atoms with E-state index in [1.54, 1.807) is 0 Å². The lowest BCUT2D eigenvalue weighted by atomic mass is 9.49. The fraction of sp³-hybridized carbons (Fsp3) is 0.966. The van der Waals surface area contributed by atoms with Crippen LogP contribution in [0.1, 0.15) is 149 Å². The number of esters is 1. The Labute approximate surface area is 193 Å². The van der Waals surface area contributed by atoms with Gasteiger partial charge in [-0.25, -0.2) is 0 Å². The van der Waals surface area contributed by atoms with E-state index in [0.29, 0.717) is 6.61 Å². The molecule has 0 spiro atoms. The van der Waals surface area contributed by atoms with E-state index < -0.39 is 0 Å². The summed E-state index contributed by atoms with van der Waals surface area (Å²) < 4.78 is 6.08. The maximum atomic E-state index is 13.7. The Morgan fingerprint density at radius 2 is 1.29 bits per heavy atom. The van der Waals surface area contributed by atoms with Crippen molar-refractivity contribution in [3.05, 3.63) is 0 Å². The molecule has 3 fully saturated rings. The van der Waals surface area contributed by atoms with Crippen molar-refractivity contribution in [1.82, 2.24) is 0 Å². The molecule has 0 aliphatic heterocycles. The monoisotopic (exact) mass is 432 g/mol. The molecule has 0 heterocycles. The molecule has 0 atom stereocenters. The van der Waals surface area contributed by atoms with Crippen molar-refractivity contribution >= 4 is 5.97 Å². The summed E-state index contributed by atoms with van der Waals surface area (Å²) >= 11 is 0. The molecule has 0 aromatic rings. The van der Waals surface area contributed by atoms with E-state index in [2.05, 4.69) is 13.8 Å². The van der Waals surface area contributed by atoms with Crippen LogP contribution in [0, 0.1) is 22.7 Å². The molecule has 0 radical (unpaired) electrons. The molecule has 3 aliphatic carbocycles. The first-order chi connectivity index (χ1) is 15.2. The van der Waals surface area contributed by atoms with Crippen LogP contribution in [-0.4, -0.2) is 12.6 Å². The summed E-state index contributed by atoms with van der Waals surface area (Å²) in [6, 6.07) is 0. The Balaban J connectivity index is 1.59. The molecule has 0 saturated heterocycles. The Morgan fingerprint density at radius 1 is 0.710 bits per heavy atom. The molecule has 0 amide bonds. The second-order valence-corrected chi connectivity index (χ2v) is 11.4. The summed E-state index contributed by atoms with van der Waals surface area (Å²) in [5.41, 5.74) is 0.0243. The molecule has 0 aromatic heterocycles. The maximum Gasteiger partial charge on any atom is 0.312 e. The minimum atomic E-state index is -0.181. The molecule has 3 aliphatic rings. The highest BCUT2D eigenvalue weighted by atomic mass is 16.5. The minimum Gasteiger partial charge on any atom is -0.465 e. The molecule has 0 unspecified atom stereocenters. The van der Waals surface area contributed by atoms with E-state index >= 15 is 0 Å². The van der Waals surface area contributed by atoms with Gasteiger partial charge in [0.05, 0.1) is 12.0 Å². The summed E-state index contributed by atoms with van der Waals surface area (Å²) in [7, 11) is 0. The van der Waals surface area contributed by atoms with Crippen LogP contribution in [0.2, 0.25) is 0 Å². The fourth-order valence-electron chi connectivity index (χ4n) is 7.73. The highest BCUT2D eigenvalue weighted by Crippen LogP contribution is 2.60. The van der Waals surface area contributed by atoms with Crippen molar-refractivity contribution in [3.63, 3.8) is 0 Å². The molecule has 31 heavy (non-hydrogen) atoms. The van der Waals surface area contributed by atoms with Gasteiger partial charge < -0.3 is 4.74 Å². The van der Waals surface area contributed by atoms with E-state index in [1.165, 1.54) is 109 Å². The van der Waals surface area contributed by atoms with E-state index in [-0.39, 0.29) is 16.8 Å². The number of unbranched alkanes of at least 4 members (excludes halogenated alkanes) is 5. The van der Waals surface area contributed by atoms with Crippen LogP contribution in [0.3, 0.4) is 0 Å². The average molecular weight is 433 g/mol. The summed E-state index contributed by atoms with van der Waals surface area (Å²) in [6.45, 7) is 5.28. The van der Waals surface area contributed by atoms with E-state index in [0.717, 1.165) is 37.5 Å². The Kier molecular flexibility index (Phi) is 10.2. The SMILES string of the molecule is CCCCCCCCOC(=O)C1(C2(CC)CCC(C3CCCCC3)CC2)CCCCC1. The lowest BCUT2D eigenvalue weighted by molar-refractivity contribution is -0.175. The summed E-state index contributed by atoms with van der Waals surface area (Å²) in [6.07, 6.45) is 27.2. The van der Waals surface area contributed by atoms with Gasteiger partial charge >= 0.3 is 5.97 Å². The quantitative estimate of drug-likeness (QED) is 0.240. The summed E-state index contributed by atoms with van der Waals surface area (Å²) in [4.78, 5) is 13.7. The summed E-state index contributed by atoms with van der Waals surface area (Å²) in [5.74, 6) is 2.10. The van der Waals surface area contributed by atoms with Crippen LogP contribution in [0.4, 0.5) is 0 Å². The van der Waals surface area contributed by atoms with Crippen LogP contribution >= 0.6 is 0 Å². The van der Waals surface area contributed by atoms with Crippen molar-refractivity contribution in [2.24, 2.45) is 22.7 Å². The number of carbonyl (C=O) groups is 1. The second-order valence-electron chi connectivity index (χ2n) is 11.4. The third-order valence-electron chi connectivity index (χ3n) is 9.82. The van der Waals surface area contributed by atoms with Gasteiger partial charge in [0.15, 0.2) is 0 Å². The normalized spacial score (nSPS) is 29.5. The predicted octanol–water partition coefficient (Wildman–Crippen LogP) is 9.01. The van der Waals surface area contributed by atoms with Gasteiger partial charge in [-0.2, -0.15) is 0 Å². The van der Waals surface area contributed by atoms with Crippen LogP contribution < -0.4 is 0 Å². The smallest absolute Gasteiger partial charge is 0.312 e. The first-order valence-corrected chi connectivity index (χ1v) is 14.3. The Hall–Kier alpha value is -0.530. The maximum absolute atomic E-state index is 13.7. The average Bonchev–Trinajstić information content (AvgIpc) is 2.84. The van der Waals surface area contributed by atoms with Gasteiger partial charge in [-0.15, -0.1) is 0 Å². The second kappa shape index (κ2) is 12.6. The lowest BCUT2D eigenvalue weighted by Crippen LogP contribution is -2.51. The van der Waals surface area contributed by atoms with Crippen molar-refractivity contribution in [3.8, 4) is 0 Å². The third-order valence-corrected chi connectivity index (χ3v) is 9.82. The van der Waals surface area contributed by atoms with Crippen LogP contribution in [0.5, 0.6) is 0 Å². The minimum absolute atomic E-state index is 0.181.